The van der Waals surface area contributed by atoms with Crippen LogP contribution in [-0.4, -0.2) is 20.7 Å². The normalized spacial score (nSPS) is 10.8. The van der Waals surface area contributed by atoms with E-state index in [0.717, 1.165) is 23.0 Å². The van der Waals surface area contributed by atoms with Gasteiger partial charge in [-0.1, -0.05) is 48.5 Å². The number of aromatic nitrogens is 3. The molecule has 0 atom stereocenters. The average Bonchev–Trinajstić information content (AvgIpc) is 3.20. The van der Waals surface area contributed by atoms with Crippen molar-refractivity contribution in [1.82, 2.24) is 20.1 Å². The molecule has 0 saturated heterocycles. The maximum Gasteiger partial charge on any atom is 0.270 e. The Bertz CT molecular complexity index is 1020. The molecular formula is C21H18N4O. The Morgan fingerprint density at radius 2 is 1.73 bits per heavy atom. The van der Waals surface area contributed by atoms with Crippen LogP contribution in [0.4, 0.5) is 0 Å². The molecule has 2 aromatic carbocycles. The molecule has 1 N–H and O–H groups in total. The summed E-state index contributed by atoms with van der Waals surface area (Å²) in [6.07, 6.45) is 3.70. The van der Waals surface area contributed by atoms with Crippen molar-refractivity contribution in [3.05, 3.63) is 95.9 Å². The minimum atomic E-state index is -0.170. The van der Waals surface area contributed by atoms with E-state index in [2.05, 4.69) is 27.5 Å². The molecule has 5 nitrogen and oxygen atoms in total. The molecule has 0 unspecified atom stereocenters. The molecule has 0 fully saturated rings. The number of carbonyl (C=O) groups is 1. The van der Waals surface area contributed by atoms with E-state index in [1.165, 1.54) is 5.56 Å². The molecule has 4 aromatic rings. The Hall–Kier alpha value is -3.47. The topological polar surface area (TPSA) is 59.8 Å². The van der Waals surface area contributed by atoms with E-state index >= 15 is 0 Å². The zero-order valence-electron chi connectivity index (χ0n) is 14.2. The second-order valence-corrected chi connectivity index (χ2v) is 6.09. The van der Waals surface area contributed by atoms with Crippen LogP contribution in [0.5, 0.6) is 0 Å². The number of pyridine rings is 1. The second kappa shape index (κ2) is 7.19. The predicted octanol–water partition coefficient (Wildman–Crippen LogP) is 3.41. The molecule has 2 aromatic heterocycles. The molecule has 2 heterocycles. The standard InChI is InChI=1S/C21H18N4O/c26-21(20-11-10-18-4-1-2-5-19(18)24-20)22-14-16-6-8-17(9-7-16)15-25-13-3-12-23-25/h1-13H,14-15H2,(H,22,26). The van der Waals surface area contributed by atoms with Crippen LogP contribution < -0.4 is 5.32 Å². The molecule has 0 aliphatic rings. The third kappa shape index (κ3) is 3.62. The average molecular weight is 342 g/mol. The molecular weight excluding hydrogens is 324 g/mol. The van der Waals surface area contributed by atoms with Crippen molar-refractivity contribution in [2.45, 2.75) is 13.1 Å². The van der Waals surface area contributed by atoms with Crippen molar-refractivity contribution in [2.75, 3.05) is 0 Å². The minimum Gasteiger partial charge on any atom is -0.347 e. The first kappa shape index (κ1) is 16.0. The Kier molecular flexibility index (Phi) is 4.43. The zero-order valence-corrected chi connectivity index (χ0v) is 14.2. The summed E-state index contributed by atoms with van der Waals surface area (Å²) in [7, 11) is 0. The summed E-state index contributed by atoms with van der Waals surface area (Å²) in [6.45, 7) is 1.20. The van der Waals surface area contributed by atoms with Crippen LogP contribution in [0.25, 0.3) is 10.9 Å². The number of hydrogen-bond donors (Lipinski definition) is 1. The third-order valence-electron chi connectivity index (χ3n) is 4.21. The van der Waals surface area contributed by atoms with Crippen molar-refractivity contribution in [3.8, 4) is 0 Å². The highest BCUT2D eigenvalue weighted by atomic mass is 16.1. The van der Waals surface area contributed by atoms with Gasteiger partial charge in [0.25, 0.3) is 5.91 Å². The Morgan fingerprint density at radius 3 is 2.54 bits per heavy atom. The Labute approximate surface area is 151 Å². The lowest BCUT2D eigenvalue weighted by Crippen LogP contribution is -2.23. The number of para-hydroxylation sites is 1. The molecule has 0 aliphatic heterocycles. The molecule has 0 bridgehead atoms. The number of rotatable bonds is 5. The number of hydrogen-bond acceptors (Lipinski definition) is 3. The van der Waals surface area contributed by atoms with Crippen LogP contribution in [0.3, 0.4) is 0 Å². The highest BCUT2D eigenvalue weighted by Crippen LogP contribution is 2.12. The van der Waals surface area contributed by atoms with Crippen LogP contribution in [0.15, 0.2) is 79.1 Å². The van der Waals surface area contributed by atoms with E-state index in [-0.39, 0.29) is 5.91 Å². The van der Waals surface area contributed by atoms with Crippen molar-refractivity contribution in [3.63, 3.8) is 0 Å². The smallest absolute Gasteiger partial charge is 0.270 e. The van der Waals surface area contributed by atoms with Crippen molar-refractivity contribution in [1.29, 1.82) is 0 Å². The molecule has 4 rings (SSSR count). The van der Waals surface area contributed by atoms with Gasteiger partial charge in [0, 0.05) is 24.3 Å². The van der Waals surface area contributed by atoms with E-state index < -0.39 is 0 Å². The molecule has 0 spiro atoms. The summed E-state index contributed by atoms with van der Waals surface area (Å²) in [5.74, 6) is -0.170. The molecule has 5 heteroatoms. The number of amides is 1. The number of fused-ring (bicyclic) bond motifs is 1. The van der Waals surface area contributed by atoms with Gasteiger partial charge in [0.1, 0.15) is 5.69 Å². The van der Waals surface area contributed by atoms with Gasteiger partial charge in [0.15, 0.2) is 0 Å². The summed E-state index contributed by atoms with van der Waals surface area (Å²) < 4.78 is 1.88. The first-order valence-electron chi connectivity index (χ1n) is 8.47. The molecule has 26 heavy (non-hydrogen) atoms. The fourth-order valence-electron chi connectivity index (χ4n) is 2.81. The maximum atomic E-state index is 12.4. The van der Waals surface area contributed by atoms with E-state index in [1.54, 1.807) is 12.3 Å². The zero-order chi connectivity index (χ0) is 17.8. The number of carbonyl (C=O) groups excluding carboxylic acids is 1. The van der Waals surface area contributed by atoms with Gasteiger partial charge in [-0.2, -0.15) is 5.10 Å². The van der Waals surface area contributed by atoms with Gasteiger partial charge in [-0.05, 0) is 29.3 Å². The fourth-order valence-corrected chi connectivity index (χ4v) is 2.81. The minimum absolute atomic E-state index is 0.170. The third-order valence-corrected chi connectivity index (χ3v) is 4.21. The maximum absolute atomic E-state index is 12.4. The Morgan fingerprint density at radius 1 is 0.923 bits per heavy atom. The largest absolute Gasteiger partial charge is 0.347 e. The molecule has 0 aliphatic carbocycles. The van der Waals surface area contributed by atoms with E-state index in [4.69, 9.17) is 0 Å². The summed E-state index contributed by atoms with van der Waals surface area (Å²) in [5, 5.41) is 8.15. The summed E-state index contributed by atoms with van der Waals surface area (Å²) in [4.78, 5) is 16.8. The first-order chi connectivity index (χ1) is 12.8. The van der Waals surface area contributed by atoms with E-state index in [9.17, 15) is 4.79 Å². The molecule has 0 saturated carbocycles. The van der Waals surface area contributed by atoms with Gasteiger partial charge < -0.3 is 5.32 Å². The number of nitrogens with one attached hydrogen (secondary N) is 1. The first-order valence-corrected chi connectivity index (χ1v) is 8.47. The SMILES string of the molecule is O=C(NCc1ccc(Cn2cccn2)cc1)c1ccc2ccccc2n1. The molecule has 1 amide bonds. The quantitative estimate of drug-likeness (QED) is 0.605. The van der Waals surface area contributed by atoms with Crippen LogP contribution in [0.2, 0.25) is 0 Å². The van der Waals surface area contributed by atoms with Crippen LogP contribution in [-0.2, 0) is 13.1 Å². The summed E-state index contributed by atoms with van der Waals surface area (Å²) >= 11 is 0. The predicted molar refractivity (Wildman–Crippen MR) is 101 cm³/mol. The highest BCUT2D eigenvalue weighted by Gasteiger charge is 2.08. The van der Waals surface area contributed by atoms with Crippen LogP contribution >= 0.6 is 0 Å². The lowest BCUT2D eigenvalue weighted by atomic mass is 10.1. The van der Waals surface area contributed by atoms with Crippen molar-refractivity contribution >= 4 is 16.8 Å². The van der Waals surface area contributed by atoms with Gasteiger partial charge in [0.05, 0.1) is 12.1 Å². The monoisotopic (exact) mass is 342 g/mol. The lowest BCUT2D eigenvalue weighted by Gasteiger charge is -2.07. The van der Waals surface area contributed by atoms with E-state index in [0.29, 0.717) is 12.2 Å². The summed E-state index contributed by atoms with van der Waals surface area (Å²) in [6, 6.07) is 21.5. The van der Waals surface area contributed by atoms with Crippen LogP contribution in [0.1, 0.15) is 21.6 Å². The van der Waals surface area contributed by atoms with Gasteiger partial charge in [-0.15, -0.1) is 0 Å². The molecule has 0 radical (unpaired) electrons. The number of benzene rings is 2. The second-order valence-electron chi connectivity index (χ2n) is 6.09. The lowest BCUT2D eigenvalue weighted by molar-refractivity contribution is 0.0946. The highest BCUT2D eigenvalue weighted by molar-refractivity contribution is 5.94. The Balaban J connectivity index is 1.38. The van der Waals surface area contributed by atoms with E-state index in [1.807, 2.05) is 59.4 Å². The molecule has 128 valence electrons. The van der Waals surface area contributed by atoms with Gasteiger partial charge in [0.2, 0.25) is 0 Å². The van der Waals surface area contributed by atoms with Crippen molar-refractivity contribution in [2.24, 2.45) is 0 Å². The van der Waals surface area contributed by atoms with Gasteiger partial charge in [-0.3, -0.25) is 9.48 Å². The van der Waals surface area contributed by atoms with Gasteiger partial charge >= 0.3 is 0 Å². The summed E-state index contributed by atoms with van der Waals surface area (Å²) in [5.41, 5.74) is 3.46. The number of nitrogens with zero attached hydrogens (tertiary/aromatic N) is 3. The van der Waals surface area contributed by atoms with Crippen LogP contribution in [0, 0.1) is 0 Å². The fraction of sp³-hybridized carbons (Fsp3) is 0.0952. The van der Waals surface area contributed by atoms with Crippen molar-refractivity contribution < 1.29 is 4.79 Å². The van der Waals surface area contributed by atoms with Gasteiger partial charge in [-0.25, -0.2) is 4.98 Å².